The minimum atomic E-state index is -0.743. The quantitative estimate of drug-likeness (QED) is 0.524. The van der Waals surface area contributed by atoms with Crippen molar-refractivity contribution in [1.29, 1.82) is 0 Å². The van der Waals surface area contributed by atoms with E-state index >= 15 is 0 Å². The Morgan fingerprint density at radius 1 is 1.03 bits per heavy atom. The number of amides is 1. The fraction of sp³-hybridized carbons (Fsp3) is 0.136. The highest BCUT2D eigenvalue weighted by atomic mass is 16.6. The summed E-state index contributed by atoms with van der Waals surface area (Å²) < 4.78 is 6.11. The minimum Gasteiger partial charge on any atom is -0.470 e. The summed E-state index contributed by atoms with van der Waals surface area (Å²) in [6.07, 6.45) is -0.743. The molecule has 0 bridgehead atoms. The van der Waals surface area contributed by atoms with E-state index in [1.54, 1.807) is 35.2 Å². The van der Waals surface area contributed by atoms with Gasteiger partial charge in [-0.15, -0.1) is 0 Å². The molecule has 1 heterocycles. The third kappa shape index (κ3) is 4.09. The fourth-order valence-electron chi connectivity index (χ4n) is 3.41. The number of nitrogens with one attached hydrogen (secondary N) is 1. The Morgan fingerprint density at radius 3 is 2.52 bits per heavy atom. The van der Waals surface area contributed by atoms with Gasteiger partial charge in [0.15, 0.2) is 6.23 Å². The first-order chi connectivity index (χ1) is 14.1. The highest BCUT2D eigenvalue weighted by molar-refractivity contribution is 5.92. The van der Waals surface area contributed by atoms with Gasteiger partial charge in [-0.25, -0.2) is 0 Å². The van der Waals surface area contributed by atoms with Gasteiger partial charge in [0.1, 0.15) is 5.75 Å². The van der Waals surface area contributed by atoms with Crippen LogP contribution in [0.5, 0.6) is 5.75 Å². The molecule has 1 aliphatic heterocycles. The van der Waals surface area contributed by atoms with Crippen molar-refractivity contribution in [3.8, 4) is 5.75 Å². The maximum absolute atomic E-state index is 12.6. The SMILES string of the molecule is O=C(CN1Cc2ccccc2OC1c1ccccc1[N+](=O)[O-])Nc1ccccc1. The number of carbonyl (C=O) groups excluding carboxylic acids is 1. The highest BCUT2D eigenvalue weighted by Gasteiger charge is 2.34. The molecule has 7 heteroatoms. The second kappa shape index (κ2) is 8.12. The topological polar surface area (TPSA) is 84.7 Å². The molecule has 1 N–H and O–H groups in total. The summed E-state index contributed by atoms with van der Waals surface area (Å²) in [6, 6.07) is 23.1. The average molecular weight is 389 g/mol. The Bertz CT molecular complexity index is 1040. The lowest BCUT2D eigenvalue weighted by atomic mass is 10.1. The van der Waals surface area contributed by atoms with Crippen molar-refractivity contribution in [2.45, 2.75) is 12.8 Å². The van der Waals surface area contributed by atoms with Crippen molar-refractivity contribution < 1.29 is 14.5 Å². The maximum atomic E-state index is 12.6. The summed E-state index contributed by atoms with van der Waals surface area (Å²) in [6.45, 7) is 0.467. The molecular weight excluding hydrogens is 370 g/mol. The lowest BCUT2D eigenvalue weighted by molar-refractivity contribution is -0.386. The van der Waals surface area contributed by atoms with Crippen LogP contribution in [0.4, 0.5) is 11.4 Å². The first-order valence-corrected chi connectivity index (χ1v) is 9.18. The Hall–Kier alpha value is -3.71. The van der Waals surface area contributed by atoms with Gasteiger partial charge in [0.2, 0.25) is 5.91 Å². The number of carbonyl (C=O) groups is 1. The Morgan fingerprint density at radius 2 is 1.72 bits per heavy atom. The van der Waals surface area contributed by atoms with Gasteiger partial charge < -0.3 is 10.1 Å². The van der Waals surface area contributed by atoms with E-state index < -0.39 is 11.2 Å². The van der Waals surface area contributed by atoms with Gasteiger partial charge in [-0.2, -0.15) is 0 Å². The molecule has 0 spiro atoms. The minimum absolute atomic E-state index is 0.0277. The number of fused-ring (bicyclic) bond motifs is 1. The number of rotatable bonds is 5. The van der Waals surface area contributed by atoms with E-state index in [1.807, 2.05) is 42.5 Å². The van der Waals surface area contributed by atoms with Crippen molar-refractivity contribution in [1.82, 2.24) is 4.90 Å². The molecule has 4 rings (SSSR count). The van der Waals surface area contributed by atoms with Crippen LogP contribution in [0.25, 0.3) is 0 Å². The van der Waals surface area contributed by atoms with Crippen molar-refractivity contribution in [3.63, 3.8) is 0 Å². The molecule has 1 aliphatic rings. The summed E-state index contributed by atoms with van der Waals surface area (Å²) in [5, 5.41) is 14.4. The predicted molar refractivity (Wildman–Crippen MR) is 108 cm³/mol. The molecule has 7 nitrogen and oxygen atoms in total. The van der Waals surface area contributed by atoms with E-state index in [-0.39, 0.29) is 18.1 Å². The van der Waals surface area contributed by atoms with E-state index in [0.717, 1.165) is 5.56 Å². The molecule has 1 amide bonds. The zero-order chi connectivity index (χ0) is 20.2. The van der Waals surface area contributed by atoms with E-state index in [0.29, 0.717) is 23.5 Å². The summed E-state index contributed by atoms with van der Waals surface area (Å²) in [5.41, 5.74) is 2.00. The van der Waals surface area contributed by atoms with E-state index in [9.17, 15) is 14.9 Å². The molecule has 29 heavy (non-hydrogen) atoms. The van der Waals surface area contributed by atoms with Crippen LogP contribution in [0.2, 0.25) is 0 Å². The summed E-state index contributed by atoms with van der Waals surface area (Å²) in [7, 11) is 0. The molecule has 0 saturated heterocycles. The molecule has 1 atom stereocenters. The van der Waals surface area contributed by atoms with Crippen LogP contribution in [-0.2, 0) is 11.3 Å². The van der Waals surface area contributed by atoms with Gasteiger partial charge in [-0.1, -0.05) is 48.5 Å². The zero-order valence-corrected chi connectivity index (χ0v) is 15.5. The predicted octanol–water partition coefficient (Wildman–Crippen LogP) is 4.13. The van der Waals surface area contributed by atoms with Crippen molar-refractivity contribution >= 4 is 17.3 Å². The Balaban J connectivity index is 1.64. The largest absolute Gasteiger partial charge is 0.470 e. The van der Waals surface area contributed by atoms with Crippen molar-refractivity contribution in [2.24, 2.45) is 0 Å². The van der Waals surface area contributed by atoms with Crippen LogP contribution in [-0.4, -0.2) is 22.3 Å². The molecule has 146 valence electrons. The van der Waals surface area contributed by atoms with Crippen LogP contribution < -0.4 is 10.1 Å². The highest BCUT2D eigenvalue weighted by Crippen LogP contribution is 2.38. The van der Waals surface area contributed by atoms with Crippen LogP contribution in [0.1, 0.15) is 17.4 Å². The number of nitrogens with zero attached hydrogens (tertiary/aromatic N) is 2. The van der Waals surface area contributed by atoms with E-state index in [1.165, 1.54) is 6.07 Å². The molecular formula is C22H19N3O4. The third-order valence-electron chi connectivity index (χ3n) is 4.72. The third-order valence-corrected chi connectivity index (χ3v) is 4.72. The van der Waals surface area contributed by atoms with Crippen molar-refractivity contribution in [2.75, 3.05) is 11.9 Å². The van der Waals surface area contributed by atoms with Gasteiger partial charge in [0.25, 0.3) is 5.69 Å². The number of hydrogen-bond acceptors (Lipinski definition) is 5. The molecule has 0 radical (unpaired) electrons. The van der Waals surface area contributed by atoms with Gasteiger partial charge in [-0.05, 0) is 24.3 Å². The van der Waals surface area contributed by atoms with Gasteiger partial charge >= 0.3 is 0 Å². The summed E-state index contributed by atoms with van der Waals surface area (Å²) in [4.78, 5) is 25.5. The number of benzene rings is 3. The second-order valence-corrected chi connectivity index (χ2v) is 6.71. The first-order valence-electron chi connectivity index (χ1n) is 9.18. The average Bonchev–Trinajstić information content (AvgIpc) is 2.74. The summed E-state index contributed by atoms with van der Waals surface area (Å²) >= 11 is 0. The van der Waals surface area contributed by atoms with Crippen LogP contribution in [0.3, 0.4) is 0 Å². The van der Waals surface area contributed by atoms with Gasteiger partial charge in [-0.3, -0.25) is 19.8 Å². The lowest BCUT2D eigenvalue weighted by Gasteiger charge is -2.36. The number of hydrogen-bond donors (Lipinski definition) is 1. The fourth-order valence-corrected chi connectivity index (χ4v) is 3.41. The molecule has 0 aromatic heterocycles. The molecule has 3 aromatic rings. The van der Waals surface area contributed by atoms with Crippen molar-refractivity contribution in [3.05, 3.63) is 100 Å². The van der Waals surface area contributed by atoms with Gasteiger partial charge in [0, 0.05) is 23.9 Å². The maximum Gasteiger partial charge on any atom is 0.277 e. The normalized spacial score (nSPS) is 15.8. The number of nitro groups is 1. The number of para-hydroxylation sites is 3. The van der Waals surface area contributed by atoms with Gasteiger partial charge in [0.05, 0.1) is 17.0 Å². The van der Waals surface area contributed by atoms with E-state index in [4.69, 9.17) is 4.74 Å². The second-order valence-electron chi connectivity index (χ2n) is 6.71. The number of nitro benzene ring substituents is 1. The molecule has 0 saturated carbocycles. The Kier molecular flexibility index (Phi) is 5.22. The summed E-state index contributed by atoms with van der Waals surface area (Å²) in [5.74, 6) is 0.443. The molecule has 0 fully saturated rings. The smallest absolute Gasteiger partial charge is 0.277 e. The van der Waals surface area contributed by atoms with Crippen LogP contribution in [0, 0.1) is 10.1 Å². The van der Waals surface area contributed by atoms with E-state index in [2.05, 4.69) is 5.32 Å². The Labute approximate surface area is 167 Å². The standard InChI is InChI=1S/C22H19N3O4/c26-21(23-17-9-2-1-3-10-17)15-24-14-16-8-4-7-13-20(16)29-22(24)18-11-5-6-12-19(18)25(27)28/h1-13,22H,14-15H2,(H,23,26). The monoisotopic (exact) mass is 389 g/mol. The van der Waals surface area contributed by atoms with Crippen LogP contribution in [0.15, 0.2) is 78.9 Å². The number of anilines is 1. The molecule has 0 aliphatic carbocycles. The lowest BCUT2D eigenvalue weighted by Crippen LogP contribution is -2.41. The van der Waals surface area contributed by atoms with Crippen LogP contribution >= 0.6 is 0 Å². The number of ether oxygens (including phenoxy) is 1. The molecule has 3 aromatic carbocycles. The first kappa shape index (κ1) is 18.6. The molecule has 1 unspecified atom stereocenters. The zero-order valence-electron chi connectivity index (χ0n) is 15.5.